The number of nitrogens with one attached hydrogen (secondary N) is 1. The maximum atomic E-state index is 13.4. The molecule has 0 aliphatic rings. The Morgan fingerprint density at radius 2 is 1.75 bits per heavy atom. The van der Waals surface area contributed by atoms with E-state index in [1.54, 1.807) is 28.8 Å². The van der Waals surface area contributed by atoms with Gasteiger partial charge in [0.2, 0.25) is 5.91 Å². The van der Waals surface area contributed by atoms with Crippen LogP contribution in [0.3, 0.4) is 0 Å². The lowest BCUT2D eigenvalue weighted by atomic mass is 10.2. The van der Waals surface area contributed by atoms with Gasteiger partial charge in [-0.05, 0) is 55.5 Å². The maximum Gasteiger partial charge on any atom is 0.416 e. The van der Waals surface area contributed by atoms with Gasteiger partial charge in [-0.1, -0.05) is 35.6 Å². The zero-order valence-electron chi connectivity index (χ0n) is 18.8. The summed E-state index contributed by atoms with van der Waals surface area (Å²) in [6, 6.07) is 15.7. The Morgan fingerprint density at radius 1 is 1.03 bits per heavy atom. The number of anilines is 2. The van der Waals surface area contributed by atoms with Crippen molar-refractivity contribution < 1.29 is 26.4 Å². The molecule has 3 aromatic carbocycles. The topological polar surface area (TPSA) is 88.5 Å². The molecule has 7 nitrogen and oxygen atoms in total. The van der Waals surface area contributed by atoms with Crippen LogP contribution in [0.5, 0.6) is 0 Å². The number of carbonyl (C=O) groups excluding carboxylic acids is 1. The van der Waals surface area contributed by atoms with Crippen LogP contribution in [-0.4, -0.2) is 25.4 Å². The number of benzene rings is 3. The van der Waals surface area contributed by atoms with Crippen molar-refractivity contribution in [1.29, 1.82) is 0 Å². The fraction of sp³-hybridized carbons (Fsp3) is 0.167. The van der Waals surface area contributed by atoms with Gasteiger partial charge in [0.05, 0.1) is 26.4 Å². The van der Waals surface area contributed by atoms with Gasteiger partial charge < -0.3 is 5.32 Å². The van der Waals surface area contributed by atoms with Crippen LogP contribution in [0.25, 0.3) is 10.2 Å². The number of carbonyl (C=O) groups is 1. The summed E-state index contributed by atoms with van der Waals surface area (Å²) in [5.74, 6) is -0.770. The second-order valence-corrected chi connectivity index (χ2v) is 10.6. The van der Waals surface area contributed by atoms with Crippen molar-refractivity contribution >= 4 is 48.9 Å². The van der Waals surface area contributed by atoms with Gasteiger partial charge in [-0.15, -0.1) is 0 Å². The summed E-state index contributed by atoms with van der Waals surface area (Å²) in [6.45, 7) is 1.54. The fourth-order valence-corrected chi connectivity index (χ4v) is 6.07. The van der Waals surface area contributed by atoms with E-state index in [1.807, 2.05) is 6.92 Å². The molecule has 188 valence electrons. The van der Waals surface area contributed by atoms with E-state index < -0.39 is 34.2 Å². The number of fused-ring (bicyclic) bond motifs is 1. The molecule has 0 unspecified atom stereocenters. The third kappa shape index (κ3) is 5.14. The molecule has 12 heteroatoms. The summed E-state index contributed by atoms with van der Waals surface area (Å²) in [5, 5.41) is 2.58. The molecule has 0 saturated heterocycles. The van der Waals surface area contributed by atoms with Gasteiger partial charge in [0.15, 0.2) is 0 Å². The zero-order chi connectivity index (χ0) is 26.1. The third-order valence-corrected chi connectivity index (χ3v) is 8.08. The molecule has 0 aliphatic carbocycles. The van der Waals surface area contributed by atoms with Crippen LogP contribution in [0, 0.1) is 0 Å². The molecule has 1 N–H and O–H groups in total. The van der Waals surface area contributed by atoms with E-state index in [4.69, 9.17) is 0 Å². The van der Waals surface area contributed by atoms with E-state index >= 15 is 0 Å². The molecule has 1 heterocycles. The first-order chi connectivity index (χ1) is 17.0. The first kappa shape index (κ1) is 25.5. The predicted octanol–water partition coefficient (Wildman–Crippen LogP) is 4.94. The molecule has 0 spiro atoms. The number of aryl methyl sites for hydroxylation is 1. The molecule has 0 saturated carbocycles. The van der Waals surface area contributed by atoms with Crippen LogP contribution in [-0.2, 0) is 27.5 Å². The van der Waals surface area contributed by atoms with Crippen molar-refractivity contribution in [3.05, 3.63) is 88.0 Å². The number of nitrogens with zero attached hydrogens (tertiary/aromatic N) is 2. The van der Waals surface area contributed by atoms with Crippen LogP contribution in [0.2, 0.25) is 0 Å². The SMILES string of the molecule is CCn1c(=O)sc2cc(NC(=O)CN(c3cccc(C(F)(F)F)c3)S(=O)(=O)c3ccccc3)ccc21. The Kier molecular flexibility index (Phi) is 6.92. The van der Waals surface area contributed by atoms with E-state index in [1.165, 1.54) is 30.3 Å². The predicted molar refractivity (Wildman–Crippen MR) is 133 cm³/mol. The largest absolute Gasteiger partial charge is 0.416 e. The molecule has 0 radical (unpaired) electrons. The standard InChI is InChI=1S/C24H20F3N3O4S2/c1-2-29-20-12-11-17(14-21(20)35-23(29)32)28-22(31)15-30(36(33,34)19-9-4-3-5-10-19)18-8-6-7-16(13-18)24(25,26)27/h3-14H,2,15H2,1H3,(H,28,31). The lowest BCUT2D eigenvalue weighted by Gasteiger charge is -2.25. The number of aromatic nitrogens is 1. The van der Waals surface area contributed by atoms with E-state index in [9.17, 15) is 31.2 Å². The highest BCUT2D eigenvalue weighted by atomic mass is 32.2. The lowest BCUT2D eigenvalue weighted by Crippen LogP contribution is -2.38. The molecule has 0 fully saturated rings. The van der Waals surface area contributed by atoms with Gasteiger partial charge in [0.25, 0.3) is 10.0 Å². The van der Waals surface area contributed by atoms with Crippen molar-refractivity contribution in [2.45, 2.75) is 24.5 Å². The van der Waals surface area contributed by atoms with E-state index in [-0.39, 0.29) is 15.5 Å². The first-order valence-corrected chi connectivity index (χ1v) is 12.9. The van der Waals surface area contributed by atoms with Gasteiger partial charge in [-0.3, -0.25) is 18.5 Å². The highest BCUT2D eigenvalue weighted by Gasteiger charge is 2.33. The quantitative estimate of drug-likeness (QED) is 0.363. The fourth-order valence-electron chi connectivity index (χ4n) is 3.65. The van der Waals surface area contributed by atoms with Crippen LogP contribution in [0.1, 0.15) is 12.5 Å². The summed E-state index contributed by atoms with van der Waals surface area (Å²) >= 11 is 1.00. The highest BCUT2D eigenvalue weighted by Crippen LogP contribution is 2.33. The number of halogens is 3. The van der Waals surface area contributed by atoms with Crippen LogP contribution in [0.4, 0.5) is 24.5 Å². The second-order valence-electron chi connectivity index (χ2n) is 7.72. The Bertz CT molecular complexity index is 1580. The monoisotopic (exact) mass is 535 g/mol. The summed E-state index contributed by atoms with van der Waals surface area (Å²) in [4.78, 5) is 24.7. The van der Waals surface area contributed by atoms with Crippen LogP contribution >= 0.6 is 11.3 Å². The molecular weight excluding hydrogens is 515 g/mol. The number of hydrogen-bond donors (Lipinski definition) is 1. The van der Waals surface area contributed by atoms with Crippen LogP contribution in [0.15, 0.2) is 82.5 Å². The molecule has 0 bridgehead atoms. The van der Waals surface area contributed by atoms with Crippen molar-refractivity contribution in [2.75, 3.05) is 16.2 Å². The van der Waals surface area contributed by atoms with Crippen molar-refractivity contribution in [3.8, 4) is 0 Å². The first-order valence-electron chi connectivity index (χ1n) is 10.7. The molecule has 1 aromatic heterocycles. The van der Waals surface area contributed by atoms with Gasteiger partial charge in [-0.2, -0.15) is 13.2 Å². The van der Waals surface area contributed by atoms with Gasteiger partial charge in [0.1, 0.15) is 6.54 Å². The molecule has 0 atom stereocenters. The van der Waals surface area contributed by atoms with Crippen molar-refractivity contribution in [2.24, 2.45) is 0 Å². The number of rotatable bonds is 7. The van der Waals surface area contributed by atoms with Gasteiger partial charge >= 0.3 is 11.0 Å². The minimum atomic E-state index is -4.70. The molecule has 1 amide bonds. The van der Waals surface area contributed by atoms with E-state index in [0.717, 1.165) is 23.5 Å². The number of hydrogen-bond acceptors (Lipinski definition) is 5. The van der Waals surface area contributed by atoms with Gasteiger partial charge in [0, 0.05) is 12.2 Å². The van der Waals surface area contributed by atoms with Crippen molar-refractivity contribution in [3.63, 3.8) is 0 Å². The Hall–Kier alpha value is -3.64. The normalized spacial score (nSPS) is 12.0. The number of alkyl halides is 3. The van der Waals surface area contributed by atoms with Crippen LogP contribution < -0.4 is 14.5 Å². The lowest BCUT2D eigenvalue weighted by molar-refractivity contribution is -0.137. The number of amides is 1. The average molecular weight is 536 g/mol. The maximum absolute atomic E-state index is 13.4. The minimum Gasteiger partial charge on any atom is -0.324 e. The number of thiazole rings is 1. The Labute approximate surface area is 208 Å². The zero-order valence-corrected chi connectivity index (χ0v) is 20.5. The molecular formula is C24H20F3N3O4S2. The summed E-state index contributed by atoms with van der Waals surface area (Å²) < 4.78 is 69.5. The molecule has 4 aromatic rings. The van der Waals surface area contributed by atoms with E-state index in [2.05, 4.69) is 5.32 Å². The smallest absolute Gasteiger partial charge is 0.324 e. The minimum absolute atomic E-state index is 0.152. The third-order valence-electron chi connectivity index (χ3n) is 5.35. The Morgan fingerprint density at radius 3 is 2.42 bits per heavy atom. The highest BCUT2D eigenvalue weighted by molar-refractivity contribution is 7.92. The average Bonchev–Trinajstić information content (AvgIpc) is 3.16. The van der Waals surface area contributed by atoms with E-state index in [0.29, 0.717) is 32.8 Å². The van der Waals surface area contributed by atoms with Gasteiger partial charge in [-0.25, -0.2) is 8.42 Å². The van der Waals surface area contributed by atoms with Crippen molar-refractivity contribution in [1.82, 2.24) is 4.57 Å². The molecule has 4 rings (SSSR count). The Balaban J connectivity index is 1.68. The summed E-state index contributed by atoms with van der Waals surface area (Å²) in [6.07, 6.45) is -4.70. The summed E-state index contributed by atoms with van der Waals surface area (Å²) in [5.41, 5.74) is -0.340. The number of sulfonamides is 1. The second kappa shape index (κ2) is 9.78. The molecule has 0 aliphatic heterocycles. The summed E-state index contributed by atoms with van der Waals surface area (Å²) in [7, 11) is -4.38. The molecule has 36 heavy (non-hydrogen) atoms.